The summed E-state index contributed by atoms with van der Waals surface area (Å²) in [5.74, 6) is -2.26. The van der Waals surface area contributed by atoms with Crippen LogP contribution in [0.2, 0.25) is 6.04 Å². The maximum Gasteiger partial charge on any atom is 0.500 e. The topological polar surface area (TPSA) is 106 Å². The van der Waals surface area contributed by atoms with Gasteiger partial charge in [-0.15, -0.1) is 0 Å². The Morgan fingerprint density at radius 1 is 1.14 bits per heavy atom. The second kappa shape index (κ2) is 9.85. The lowest BCUT2D eigenvalue weighted by Crippen LogP contribution is -2.45. The van der Waals surface area contributed by atoms with Gasteiger partial charge < -0.3 is 23.5 Å². The first-order valence-electron chi connectivity index (χ1n) is 6.69. The average molecular weight is 323 g/mol. The van der Waals surface area contributed by atoms with Crippen LogP contribution in [0.5, 0.6) is 0 Å². The normalized spacial score (nSPS) is 13.4. The first-order chi connectivity index (χ1) is 9.85. The van der Waals surface area contributed by atoms with Crippen LogP contribution in [-0.4, -0.2) is 76.3 Å². The molecule has 0 radical (unpaired) electrons. The summed E-state index contributed by atoms with van der Waals surface area (Å²) in [5.41, 5.74) is 0. The van der Waals surface area contributed by atoms with E-state index in [-0.39, 0.29) is 0 Å². The zero-order chi connectivity index (χ0) is 16.5. The van der Waals surface area contributed by atoms with E-state index in [1.165, 1.54) is 21.3 Å². The highest BCUT2D eigenvalue weighted by molar-refractivity contribution is 6.60. The third kappa shape index (κ3) is 6.53. The van der Waals surface area contributed by atoms with Gasteiger partial charge in [-0.2, -0.15) is 0 Å². The molecular formula is C12H25NO7Si. The Labute approximate surface area is 126 Å². The van der Waals surface area contributed by atoms with E-state index in [4.69, 9.17) is 23.5 Å². The molecule has 0 heterocycles. The average Bonchev–Trinajstić information content (AvgIpc) is 2.46. The van der Waals surface area contributed by atoms with Crippen LogP contribution >= 0.6 is 0 Å². The molecule has 1 atom stereocenters. The Kier molecular flexibility index (Phi) is 9.38. The Balaban J connectivity index is 4.61. The van der Waals surface area contributed by atoms with Crippen molar-refractivity contribution in [2.45, 2.75) is 31.9 Å². The second-order valence-corrected chi connectivity index (χ2v) is 7.57. The van der Waals surface area contributed by atoms with Crippen LogP contribution in [0.1, 0.15) is 19.8 Å². The van der Waals surface area contributed by atoms with Crippen LogP contribution < -0.4 is 0 Å². The standard InChI is InChI=1S/C12H25NO7Si/c1-5-13(10(12(16)17)9-11(14)15)7-6-8-21(18-2,19-3)20-4/h10H,5-9H2,1-4H3,(H,14,15)(H,16,17)/t10-/m0/s1. The Bertz CT molecular complexity index is 327. The van der Waals surface area contributed by atoms with Crippen LogP contribution in [0.15, 0.2) is 0 Å². The summed E-state index contributed by atoms with van der Waals surface area (Å²) in [4.78, 5) is 23.6. The van der Waals surface area contributed by atoms with E-state index in [2.05, 4.69) is 0 Å². The van der Waals surface area contributed by atoms with Crippen molar-refractivity contribution in [1.82, 2.24) is 4.90 Å². The van der Waals surface area contributed by atoms with Crippen LogP contribution in [0.3, 0.4) is 0 Å². The molecule has 0 saturated heterocycles. The summed E-state index contributed by atoms with van der Waals surface area (Å²) in [6.45, 7) is 2.68. The van der Waals surface area contributed by atoms with Crippen molar-refractivity contribution in [2.24, 2.45) is 0 Å². The van der Waals surface area contributed by atoms with Crippen molar-refractivity contribution in [3.8, 4) is 0 Å². The number of carboxylic acids is 2. The number of hydrogen-bond donors (Lipinski definition) is 2. The third-order valence-electron chi connectivity index (χ3n) is 3.36. The lowest BCUT2D eigenvalue weighted by Gasteiger charge is -2.28. The minimum atomic E-state index is -2.68. The Hall–Kier alpha value is -1.00. The number of hydrogen-bond acceptors (Lipinski definition) is 6. The number of carboxylic acid groups (broad SMARTS) is 2. The van der Waals surface area contributed by atoms with Crippen LogP contribution in [-0.2, 0) is 22.9 Å². The summed E-state index contributed by atoms with van der Waals surface area (Å²) in [6.07, 6.45) is 0.170. The highest BCUT2D eigenvalue weighted by Gasteiger charge is 2.37. The monoisotopic (exact) mass is 323 g/mol. The van der Waals surface area contributed by atoms with Gasteiger partial charge in [0, 0.05) is 27.4 Å². The molecule has 0 aromatic carbocycles. The van der Waals surface area contributed by atoms with Gasteiger partial charge in [0.2, 0.25) is 0 Å². The molecule has 0 aliphatic heterocycles. The predicted octanol–water partition coefficient (Wildman–Crippen LogP) is 0.504. The van der Waals surface area contributed by atoms with E-state index >= 15 is 0 Å². The van der Waals surface area contributed by atoms with Crippen molar-refractivity contribution in [2.75, 3.05) is 34.4 Å². The highest BCUT2D eigenvalue weighted by atomic mass is 28.4. The molecule has 0 rings (SSSR count). The predicted molar refractivity (Wildman–Crippen MR) is 77.1 cm³/mol. The number of nitrogens with zero attached hydrogens (tertiary/aromatic N) is 1. The molecular weight excluding hydrogens is 298 g/mol. The molecule has 0 spiro atoms. The summed E-state index contributed by atoms with van der Waals surface area (Å²) in [6, 6.07) is -0.497. The largest absolute Gasteiger partial charge is 0.500 e. The number of rotatable bonds is 12. The zero-order valence-electron chi connectivity index (χ0n) is 13.0. The number of likely N-dealkylation sites (N-methyl/N-ethyl adjacent to an activating group) is 1. The quantitative estimate of drug-likeness (QED) is 0.500. The van der Waals surface area contributed by atoms with E-state index in [1.54, 1.807) is 11.8 Å². The molecule has 2 N–H and O–H groups in total. The highest BCUT2D eigenvalue weighted by Crippen LogP contribution is 2.16. The van der Waals surface area contributed by atoms with Gasteiger partial charge in [-0.1, -0.05) is 6.92 Å². The van der Waals surface area contributed by atoms with Gasteiger partial charge in [0.15, 0.2) is 0 Å². The number of carbonyl (C=O) groups is 2. The SMILES string of the molecule is CCN(CCC[Si](OC)(OC)OC)[C@@H](CC(=O)O)C(=O)O. The maximum absolute atomic E-state index is 11.2. The summed E-state index contributed by atoms with van der Waals surface area (Å²) < 4.78 is 15.9. The van der Waals surface area contributed by atoms with E-state index in [9.17, 15) is 9.59 Å². The Morgan fingerprint density at radius 2 is 1.67 bits per heavy atom. The molecule has 0 unspecified atom stereocenters. The third-order valence-corrected chi connectivity index (χ3v) is 6.19. The lowest BCUT2D eigenvalue weighted by molar-refractivity contribution is -0.149. The summed E-state index contributed by atoms with van der Waals surface area (Å²) in [5, 5.41) is 18.0. The molecule has 0 aromatic rings. The zero-order valence-corrected chi connectivity index (χ0v) is 14.0. The van der Waals surface area contributed by atoms with Gasteiger partial charge in [0.05, 0.1) is 6.42 Å². The molecule has 0 bridgehead atoms. The molecule has 8 nitrogen and oxygen atoms in total. The molecule has 0 amide bonds. The summed E-state index contributed by atoms with van der Waals surface area (Å²) in [7, 11) is 1.86. The van der Waals surface area contributed by atoms with Gasteiger partial charge in [-0.25, -0.2) is 0 Å². The molecule has 9 heteroatoms. The van der Waals surface area contributed by atoms with Crippen LogP contribution in [0.25, 0.3) is 0 Å². The van der Waals surface area contributed by atoms with Crippen molar-refractivity contribution in [3.63, 3.8) is 0 Å². The first kappa shape index (κ1) is 20.0. The van der Waals surface area contributed by atoms with E-state index in [1.807, 2.05) is 0 Å². The van der Waals surface area contributed by atoms with Crippen molar-refractivity contribution >= 4 is 20.7 Å². The van der Waals surface area contributed by atoms with Crippen molar-refractivity contribution in [1.29, 1.82) is 0 Å². The van der Waals surface area contributed by atoms with E-state index < -0.39 is 33.2 Å². The van der Waals surface area contributed by atoms with Crippen LogP contribution in [0.4, 0.5) is 0 Å². The van der Waals surface area contributed by atoms with Gasteiger partial charge in [-0.05, 0) is 19.5 Å². The van der Waals surface area contributed by atoms with Crippen molar-refractivity contribution in [3.05, 3.63) is 0 Å². The van der Waals surface area contributed by atoms with E-state index in [0.717, 1.165) is 0 Å². The molecule has 0 aliphatic carbocycles. The van der Waals surface area contributed by atoms with Gasteiger partial charge in [-0.3, -0.25) is 14.5 Å². The smallest absolute Gasteiger partial charge is 0.481 e. The van der Waals surface area contributed by atoms with Crippen LogP contribution in [0, 0.1) is 0 Å². The van der Waals surface area contributed by atoms with Gasteiger partial charge in [0.1, 0.15) is 6.04 Å². The van der Waals surface area contributed by atoms with Crippen molar-refractivity contribution < 1.29 is 33.1 Å². The molecule has 0 fully saturated rings. The van der Waals surface area contributed by atoms with Gasteiger partial charge in [0.25, 0.3) is 0 Å². The fourth-order valence-corrected chi connectivity index (χ4v) is 3.83. The lowest BCUT2D eigenvalue weighted by atomic mass is 10.1. The van der Waals surface area contributed by atoms with Gasteiger partial charge >= 0.3 is 20.7 Å². The first-order valence-corrected chi connectivity index (χ1v) is 8.63. The fraction of sp³-hybridized carbons (Fsp3) is 0.833. The molecule has 0 saturated carbocycles. The molecule has 21 heavy (non-hydrogen) atoms. The molecule has 124 valence electrons. The Morgan fingerprint density at radius 3 is 2.00 bits per heavy atom. The fourth-order valence-electron chi connectivity index (χ4n) is 2.13. The number of aliphatic carboxylic acids is 2. The molecule has 0 aliphatic rings. The second-order valence-electron chi connectivity index (χ2n) is 4.48. The molecule has 0 aromatic heterocycles. The summed E-state index contributed by atoms with van der Waals surface area (Å²) >= 11 is 0. The minimum Gasteiger partial charge on any atom is -0.481 e. The maximum atomic E-state index is 11.2. The van der Waals surface area contributed by atoms with E-state index in [0.29, 0.717) is 25.6 Å². The minimum absolute atomic E-state index is 0.426.